The molecule has 0 aliphatic heterocycles. The van der Waals surface area contributed by atoms with Crippen LogP contribution >= 0.6 is 0 Å². The molecule has 2 atom stereocenters. The summed E-state index contributed by atoms with van der Waals surface area (Å²) in [5.41, 5.74) is 7.28. The second kappa shape index (κ2) is 5.32. The van der Waals surface area contributed by atoms with Crippen molar-refractivity contribution in [3.05, 3.63) is 29.8 Å². The van der Waals surface area contributed by atoms with Crippen LogP contribution in [0.2, 0.25) is 0 Å². The Bertz CT molecular complexity index is 323. The van der Waals surface area contributed by atoms with Crippen LogP contribution in [0.15, 0.2) is 24.3 Å². The zero-order valence-electron chi connectivity index (χ0n) is 9.78. The molecule has 3 nitrogen and oxygen atoms in total. The van der Waals surface area contributed by atoms with Crippen molar-refractivity contribution in [2.45, 2.75) is 37.9 Å². The number of nitrogens with two attached hydrogens (primary N) is 1. The maximum atomic E-state index is 6.01. The minimum atomic E-state index is 0.332. The Hall–Kier alpha value is -1.06. The standard InChI is InChI=1S/C13H20N2O/c1-16-11-7-5-10(6-8-11)9-15-13-4-2-3-12(13)14/h5-8,12-13,15H,2-4,9,14H2,1H3/t12-,13+/m0/s1. The van der Waals surface area contributed by atoms with Crippen LogP contribution in [0.1, 0.15) is 24.8 Å². The molecule has 0 radical (unpaired) electrons. The van der Waals surface area contributed by atoms with Crippen molar-refractivity contribution in [1.82, 2.24) is 5.32 Å². The van der Waals surface area contributed by atoms with Gasteiger partial charge in [0.2, 0.25) is 0 Å². The van der Waals surface area contributed by atoms with Gasteiger partial charge in [0, 0.05) is 18.6 Å². The zero-order valence-corrected chi connectivity index (χ0v) is 9.78. The summed E-state index contributed by atoms with van der Waals surface area (Å²) in [6.45, 7) is 0.891. The van der Waals surface area contributed by atoms with Gasteiger partial charge in [-0.15, -0.1) is 0 Å². The predicted molar refractivity (Wildman–Crippen MR) is 65.4 cm³/mol. The second-order valence-corrected chi connectivity index (χ2v) is 4.43. The molecule has 1 aromatic carbocycles. The van der Waals surface area contributed by atoms with Crippen LogP contribution in [0.4, 0.5) is 0 Å². The molecule has 0 unspecified atom stereocenters. The molecule has 0 bridgehead atoms. The average Bonchev–Trinajstić information content (AvgIpc) is 2.73. The number of ether oxygens (including phenoxy) is 1. The first-order valence-corrected chi connectivity index (χ1v) is 5.91. The zero-order chi connectivity index (χ0) is 11.4. The molecular formula is C13H20N2O. The highest BCUT2D eigenvalue weighted by Gasteiger charge is 2.22. The summed E-state index contributed by atoms with van der Waals surface area (Å²) in [4.78, 5) is 0. The van der Waals surface area contributed by atoms with Gasteiger partial charge in [0.15, 0.2) is 0 Å². The molecule has 88 valence electrons. The van der Waals surface area contributed by atoms with E-state index in [2.05, 4.69) is 17.4 Å². The van der Waals surface area contributed by atoms with Crippen molar-refractivity contribution in [2.75, 3.05) is 7.11 Å². The van der Waals surface area contributed by atoms with E-state index in [9.17, 15) is 0 Å². The smallest absolute Gasteiger partial charge is 0.118 e. The van der Waals surface area contributed by atoms with Gasteiger partial charge in [-0.2, -0.15) is 0 Å². The number of methoxy groups -OCH3 is 1. The van der Waals surface area contributed by atoms with E-state index in [0.29, 0.717) is 12.1 Å². The van der Waals surface area contributed by atoms with Gasteiger partial charge < -0.3 is 15.8 Å². The highest BCUT2D eigenvalue weighted by molar-refractivity contribution is 5.27. The fraction of sp³-hybridized carbons (Fsp3) is 0.538. The SMILES string of the molecule is COc1ccc(CN[C@@H]2CCC[C@@H]2N)cc1. The van der Waals surface area contributed by atoms with Gasteiger partial charge in [0.05, 0.1) is 7.11 Å². The number of hydrogen-bond donors (Lipinski definition) is 2. The lowest BCUT2D eigenvalue weighted by Crippen LogP contribution is -2.40. The highest BCUT2D eigenvalue weighted by Crippen LogP contribution is 2.18. The molecule has 16 heavy (non-hydrogen) atoms. The molecule has 0 heterocycles. The molecule has 2 rings (SSSR count). The molecule has 0 spiro atoms. The first kappa shape index (κ1) is 11.4. The van der Waals surface area contributed by atoms with E-state index in [0.717, 1.165) is 18.7 Å². The van der Waals surface area contributed by atoms with Gasteiger partial charge in [0.25, 0.3) is 0 Å². The average molecular weight is 220 g/mol. The third kappa shape index (κ3) is 2.74. The van der Waals surface area contributed by atoms with E-state index in [-0.39, 0.29) is 0 Å². The van der Waals surface area contributed by atoms with Crippen molar-refractivity contribution < 1.29 is 4.74 Å². The summed E-state index contributed by atoms with van der Waals surface area (Å²) in [6, 6.07) is 8.98. The lowest BCUT2D eigenvalue weighted by molar-refractivity contribution is 0.414. The molecule has 1 saturated carbocycles. The number of nitrogens with one attached hydrogen (secondary N) is 1. The Morgan fingerprint density at radius 3 is 2.62 bits per heavy atom. The summed E-state index contributed by atoms with van der Waals surface area (Å²) in [5, 5.41) is 3.52. The van der Waals surface area contributed by atoms with Crippen LogP contribution in [0.3, 0.4) is 0 Å². The summed E-state index contributed by atoms with van der Waals surface area (Å²) in [7, 11) is 1.69. The van der Waals surface area contributed by atoms with Crippen LogP contribution in [-0.4, -0.2) is 19.2 Å². The lowest BCUT2D eigenvalue weighted by atomic mass is 10.1. The van der Waals surface area contributed by atoms with Crippen LogP contribution in [-0.2, 0) is 6.54 Å². The molecule has 3 heteroatoms. The Morgan fingerprint density at radius 1 is 1.31 bits per heavy atom. The second-order valence-electron chi connectivity index (χ2n) is 4.43. The van der Waals surface area contributed by atoms with E-state index < -0.39 is 0 Å². The van der Waals surface area contributed by atoms with E-state index >= 15 is 0 Å². The maximum absolute atomic E-state index is 6.01. The van der Waals surface area contributed by atoms with Gasteiger partial charge in [-0.05, 0) is 30.5 Å². The number of rotatable bonds is 4. The third-order valence-electron chi connectivity index (χ3n) is 3.30. The molecule has 0 amide bonds. The molecule has 1 aliphatic carbocycles. The quantitative estimate of drug-likeness (QED) is 0.811. The summed E-state index contributed by atoms with van der Waals surface area (Å²) in [6.07, 6.45) is 3.61. The summed E-state index contributed by atoms with van der Waals surface area (Å²) >= 11 is 0. The molecule has 1 aliphatic rings. The van der Waals surface area contributed by atoms with Gasteiger partial charge >= 0.3 is 0 Å². The van der Waals surface area contributed by atoms with Gasteiger partial charge in [0.1, 0.15) is 5.75 Å². The Morgan fingerprint density at radius 2 is 2.06 bits per heavy atom. The lowest BCUT2D eigenvalue weighted by Gasteiger charge is -2.17. The minimum absolute atomic E-state index is 0.332. The number of hydrogen-bond acceptors (Lipinski definition) is 3. The predicted octanol–water partition coefficient (Wildman–Crippen LogP) is 1.66. The first-order chi connectivity index (χ1) is 7.79. The van der Waals surface area contributed by atoms with Crippen molar-refractivity contribution >= 4 is 0 Å². The topological polar surface area (TPSA) is 47.3 Å². The van der Waals surface area contributed by atoms with Crippen molar-refractivity contribution in [2.24, 2.45) is 5.73 Å². The fourth-order valence-electron chi connectivity index (χ4n) is 2.23. The van der Waals surface area contributed by atoms with Gasteiger partial charge in [-0.3, -0.25) is 0 Å². The Kier molecular flexibility index (Phi) is 3.80. The van der Waals surface area contributed by atoms with Crippen molar-refractivity contribution in [3.63, 3.8) is 0 Å². The molecule has 3 N–H and O–H groups in total. The van der Waals surface area contributed by atoms with E-state index in [1.165, 1.54) is 18.4 Å². The Balaban J connectivity index is 1.84. The fourth-order valence-corrected chi connectivity index (χ4v) is 2.23. The van der Waals surface area contributed by atoms with Crippen molar-refractivity contribution in [3.8, 4) is 5.75 Å². The maximum Gasteiger partial charge on any atom is 0.118 e. The summed E-state index contributed by atoms with van der Waals surface area (Å²) < 4.78 is 5.12. The first-order valence-electron chi connectivity index (χ1n) is 5.91. The molecule has 1 aromatic rings. The Labute approximate surface area is 97.0 Å². The normalized spacial score (nSPS) is 24.6. The number of benzene rings is 1. The molecule has 1 fully saturated rings. The van der Waals surface area contributed by atoms with E-state index in [1.807, 2.05) is 12.1 Å². The minimum Gasteiger partial charge on any atom is -0.497 e. The largest absolute Gasteiger partial charge is 0.497 e. The monoisotopic (exact) mass is 220 g/mol. The van der Waals surface area contributed by atoms with Crippen molar-refractivity contribution in [1.29, 1.82) is 0 Å². The molecule has 0 saturated heterocycles. The summed E-state index contributed by atoms with van der Waals surface area (Å²) in [5.74, 6) is 0.904. The van der Waals surface area contributed by atoms with Crippen LogP contribution in [0.5, 0.6) is 5.75 Å². The van der Waals surface area contributed by atoms with Crippen LogP contribution in [0, 0.1) is 0 Å². The molecule has 0 aromatic heterocycles. The molecular weight excluding hydrogens is 200 g/mol. The highest BCUT2D eigenvalue weighted by atomic mass is 16.5. The van der Waals surface area contributed by atoms with E-state index in [4.69, 9.17) is 10.5 Å². The van der Waals surface area contributed by atoms with Gasteiger partial charge in [-0.1, -0.05) is 18.6 Å². The van der Waals surface area contributed by atoms with Crippen LogP contribution in [0.25, 0.3) is 0 Å². The van der Waals surface area contributed by atoms with Crippen LogP contribution < -0.4 is 15.8 Å². The third-order valence-corrected chi connectivity index (χ3v) is 3.30. The van der Waals surface area contributed by atoms with E-state index in [1.54, 1.807) is 7.11 Å². The van der Waals surface area contributed by atoms with Gasteiger partial charge in [-0.25, -0.2) is 0 Å².